The Bertz CT molecular complexity index is 106. The van der Waals surface area contributed by atoms with Crippen molar-refractivity contribution in [2.24, 2.45) is 0 Å². The van der Waals surface area contributed by atoms with Gasteiger partial charge in [0, 0.05) is 0 Å². The summed E-state index contributed by atoms with van der Waals surface area (Å²) in [5.41, 5.74) is 1.14. The van der Waals surface area contributed by atoms with Crippen molar-refractivity contribution in [3.05, 3.63) is 11.6 Å². The molecule has 0 radical (unpaired) electrons. The van der Waals surface area contributed by atoms with Crippen LogP contribution in [0.4, 0.5) is 0 Å². The molecule has 0 rings (SSSR count). The van der Waals surface area contributed by atoms with E-state index in [0.29, 0.717) is 0 Å². The van der Waals surface area contributed by atoms with Gasteiger partial charge >= 0.3 is 0 Å². The Balaban J connectivity index is 3.39. The molecule has 0 fully saturated rings. The smallest absolute Gasteiger partial charge is 0.0614 e. The standard InChI is InChI=1S/C8H16O2/c1-7(5-6-9)3-4-8(2)10/h5,8-10H,3-4,6H2,1-2H3/b7-5-. The Morgan fingerprint density at radius 2 is 2.20 bits per heavy atom. The summed E-state index contributed by atoms with van der Waals surface area (Å²) >= 11 is 0. The third kappa shape index (κ3) is 5.79. The average Bonchev–Trinajstić information content (AvgIpc) is 1.85. The minimum Gasteiger partial charge on any atom is -0.393 e. The van der Waals surface area contributed by atoms with Gasteiger partial charge in [0.15, 0.2) is 0 Å². The van der Waals surface area contributed by atoms with Gasteiger partial charge in [-0.1, -0.05) is 11.6 Å². The van der Waals surface area contributed by atoms with E-state index in [0.717, 1.165) is 18.4 Å². The SMILES string of the molecule is C/C(=C/CO)CCC(C)O. The third-order valence-corrected chi connectivity index (χ3v) is 1.40. The molecule has 0 amide bonds. The minimum absolute atomic E-state index is 0.103. The van der Waals surface area contributed by atoms with Gasteiger partial charge in [0.05, 0.1) is 12.7 Å². The van der Waals surface area contributed by atoms with Crippen molar-refractivity contribution >= 4 is 0 Å². The zero-order valence-corrected chi connectivity index (χ0v) is 6.67. The zero-order valence-electron chi connectivity index (χ0n) is 6.67. The van der Waals surface area contributed by atoms with Crippen molar-refractivity contribution in [3.8, 4) is 0 Å². The van der Waals surface area contributed by atoms with Gasteiger partial charge in [0.1, 0.15) is 0 Å². The molecule has 2 N–H and O–H groups in total. The highest BCUT2D eigenvalue weighted by atomic mass is 16.3. The second kappa shape index (κ2) is 5.45. The maximum Gasteiger partial charge on any atom is 0.0614 e. The summed E-state index contributed by atoms with van der Waals surface area (Å²) in [6.45, 7) is 3.83. The van der Waals surface area contributed by atoms with E-state index in [1.807, 2.05) is 6.92 Å². The second-order valence-corrected chi connectivity index (χ2v) is 2.62. The Labute approximate surface area is 62.2 Å². The molecule has 60 valence electrons. The van der Waals surface area contributed by atoms with Crippen LogP contribution in [0.3, 0.4) is 0 Å². The van der Waals surface area contributed by atoms with Gasteiger partial charge in [-0.2, -0.15) is 0 Å². The molecule has 0 saturated carbocycles. The summed E-state index contributed by atoms with van der Waals surface area (Å²) < 4.78 is 0. The fourth-order valence-corrected chi connectivity index (χ4v) is 0.694. The molecule has 0 spiro atoms. The van der Waals surface area contributed by atoms with Gasteiger partial charge in [-0.05, 0) is 26.7 Å². The summed E-state index contributed by atoms with van der Waals surface area (Å²) in [6, 6.07) is 0. The van der Waals surface area contributed by atoms with Crippen LogP contribution in [0.25, 0.3) is 0 Å². The lowest BCUT2D eigenvalue weighted by atomic mass is 10.1. The van der Waals surface area contributed by atoms with Crippen LogP contribution in [-0.2, 0) is 0 Å². The molecule has 0 aliphatic heterocycles. The number of allylic oxidation sites excluding steroid dienone is 1. The number of aliphatic hydroxyl groups is 2. The van der Waals surface area contributed by atoms with Crippen molar-refractivity contribution in [2.75, 3.05) is 6.61 Å². The van der Waals surface area contributed by atoms with Gasteiger partial charge in [-0.3, -0.25) is 0 Å². The summed E-state index contributed by atoms with van der Waals surface area (Å²) in [6.07, 6.45) is 3.19. The molecule has 0 aromatic rings. The molecule has 0 aromatic heterocycles. The number of hydrogen-bond donors (Lipinski definition) is 2. The molecule has 0 bridgehead atoms. The number of rotatable bonds is 4. The van der Waals surface area contributed by atoms with E-state index in [9.17, 15) is 0 Å². The number of aliphatic hydroxyl groups excluding tert-OH is 2. The average molecular weight is 144 g/mol. The van der Waals surface area contributed by atoms with Crippen LogP contribution < -0.4 is 0 Å². The predicted molar refractivity (Wildman–Crippen MR) is 41.8 cm³/mol. The van der Waals surface area contributed by atoms with Crippen LogP contribution in [0, 0.1) is 0 Å². The molecule has 0 aromatic carbocycles. The molecule has 2 nitrogen and oxygen atoms in total. The Morgan fingerprint density at radius 1 is 1.60 bits per heavy atom. The summed E-state index contributed by atoms with van der Waals surface area (Å²) in [5, 5.41) is 17.3. The quantitative estimate of drug-likeness (QED) is 0.580. The van der Waals surface area contributed by atoms with Crippen LogP contribution >= 0.6 is 0 Å². The van der Waals surface area contributed by atoms with Crippen molar-refractivity contribution < 1.29 is 10.2 Å². The fourth-order valence-electron chi connectivity index (χ4n) is 0.694. The number of hydrogen-bond acceptors (Lipinski definition) is 2. The summed E-state index contributed by atoms with van der Waals surface area (Å²) in [5.74, 6) is 0. The summed E-state index contributed by atoms with van der Waals surface area (Å²) in [7, 11) is 0. The molecule has 1 atom stereocenters. The predicted octanol–water partition coefficient (Wildman–Crippen LogP) is 1.09. The van der Waals surface area contributed by atoms with E-state index >= 15 is 0 Å². The molecule has 0 aliphatic carbocycles. The van der Waals surface area contributed by atoms with Crippen molar-refractivity contribution in [1.82, 2.24) is 0 Å². The van der Waals surface area contributed by atoms with Crippen LogP contribution in [0.15, 0.2) is 11.6 Å². The van der Waals surface area contributed by atoms with Gasteiger partial charge in [-0.25, -0.2) is 0 Å². The van der Waals surface area contributed by atoms with Crippen molar-refractivity contribution in [2.45, 2.75) is 32.8 Å². The Kier molecular flexibility index (Phi) is 5.26. The van der Waals surface area contributed by atoms with E-state index in [1.165, 1.54) is 0 Å². The van der Waals surface area contributed by atoms with Gasteiger partial charge in [-0.15, -0.1) is 0 Å². The second-order valence-electron chi connectivity index (χ2n) is 2.62. The van der Waals surface area contributed by atoms with E-state index in [4.69, 9.17) is 10.2 Å². The molecule has 2 heteroatoms. The maximum atomic E-state index is 8.88. The van der Waals surface area contributed by atoms with Crippen molar-refractivity contribution in [1.29, 1.82) is 0 Å². The van der Waals surface area contributed by atoms with Crippen LogP contribution in [0.5, 0.6) is 0 Å². The monoisotopic (exact) mass is 144 g/mol. The Hall–Kier alpha value is -0.340. The van der Waals surface area contributed by atoms with Crippen molar-refractivity contribution in [3.63, 3.8) is 0 Å². The minimum atomic E-state index is -0.234. The summed E-state index contributed by atoms with van der Waals surface area (Å²) in [4.78, 5) is 0. The van der Waals surface area contributed by atoms with Gasteiger partial charge in [0.25, 0.3) is 0 Å². The molecule has 0 saturated heterocycles. The fraction of sp³-hybridized carbons (Fsp3) is 0.750. The van der Waals surface area contributed by atoms with E-state index in [1.54, 1.807) is 13.0 Å². The lowest BCUT2D eigenvalue weighted by Crippen LogP contribution is -1.98. The third-order valence-electron chi connectivity index (χ3n) is 1.40. The first-order chi connectivity index (χ1) is 4.66. The molecule has 0 heterocycles. The lowest BCUT2D eigenvalue weighted by molar-refractivity contribution is 0.184. The Morgan fingerprint density at radius 3 is 2.60 bits per heavy atom. The molecular weight excluding hydrogens is 128 g/mol. The largest absolute Gasteiger partial charge is 0.393 e. The topological polar surface area (TPSA) is 40.5 Å². The van der Waals surface area contributed by atoms with Gasteiger partial charge < -0.3 is 10.2 Å². The highest BCUT2D eigenvalue weighted by Crippen LogP contribution is 2.05. The van der Waals surface area contributed by atoms with Crippen LogP contribution in [0.1, 0.15) is 26.7 Å². The van der Waals surface area contributed by atoms with E-state index in [2.05, 4.69) is 0 Å². The van der Waals surface area contributed by atoms with E-state index in [-0.39, 0.29) is 12.7 Å². The van der Waals surface area contributed by atoms with Gasteiger partial charge in [0.2, 0.25) is 0 Å². The van der Waals surface area contributed by atoms with Crippen LogP contribution in [0.2, 0.25) is 0 Å². The first kappa shape index (κ1) is 9.66. The molecule has 10 heavy (non-hydrogen) atoms. The molecule has 1 unspecified atom stereocenters. The maximum absolute atomic E-state index is 8.88. The lowest BCUT2D eigenvalue weighted by Gasteiger charge is -2.02. The highest BCUT2D eigenvalue weighted by molar-refractivity contribution is 4.97. The zero-order chi connectivity index (χ0) is 7.98. The highest BCUT2D eigenvalue weighted by Gasteiger charge is 1.95. The first-order valence-corrected chi connectivity index (χ1v) is 3.61. The molecule has 0 aliphatic rings. The van der Waals surface area contributed by atoms with Crippen LogP contribution in [-0.4, -0.2) is 22.9 Å². The first-order valence-electron chi connectivity index (χ1n) is 3.61. The molecular formula is C8H16O2. The normalized spacial score (nSPS) is 15.4. The van der Waals surface area contributed by atoms with E-state index < -0.39 is 0 Å².